The summed E-state index contributed by atoms with van der Waals surface area (Å²) in [6.07, 6.45) is 3.55. The third-order valence-corrected chi connectivity index (χ3v) is 4.59. The van der Waals surface area contributed by atoms with Crippen molar-refractivity contribution in [3.63, 3.8) is 0 Å². The van der Waals surface area contributed by atoms with Crippen molar-refractivity contribution in [3.05, 3.63) is 29.2 Å². The van der Waals surface area contributed by atoms with Crippen LogP contribution in [0.25, 0.3) is 0 Å². The summed E-state index contributed by atoms with van der Waals surface area (Å²) in [5, 5.41) is 9.79. The van der Waals surface area contributed by atoms with Crippen LogP contribution < -0.4 is 16.0 Å². The van der Waals surface area contributed by atoms with Crippen LogP contribution in [-0.2, 0) is 5.41 Å². The van der Waals surface area contributed by atoms with Crippen molar-refractivity contribution >= 4 is 17.7 Å². The third kappa shape index (κ3) is 2.91. The summed E-state index contributed by atoms with van der Waals surface area (Å²) >= 11 is 0. The zero-order valence-corrected chi connectivity index (χ0v) is 14.3. The topological polar surface area (TPSA) is 113 Å². The zero-order chi connectivity index (χ0) is 17.3. The van der Waals surface area contributed by atoms with Crippen molar-refractivity contribution in [1.82, 2.24) is 25.5 Å². The minimum absolute atomic E-state index is 0.126. The van der Waals surface area contributed by atoms with Crippen LogP contribution in [0.5, 0.6) is 0 Å². The van der Waals surface area contributed by atoms with E-state index in [1.807, 2.05) is 13.0 Å². The highest BCUT2D eigenvalue weighted by Gasteiger charge is 2.37. The number of piperidine rings is 1. The minimum atomic E-state index is -0.218. The number of anilines is 2. The molecule has 3 rings (SSSR count). The van der Waals surface area contributed by atoms with E-state index in [1.165, 1.54) is 0 Å². The molecule has 1 fully saturated rings. The van der Waals surface area contributed by atoms with Crippen molar-refractivity contribution in [1.29, 1.82) is 0 Å². The summed E-state index contributed by atoms with van der Waals surface area (Å²) in [5.41, 5.74) is 7.88. The second-order valence-corrected chi connectivity index (χ2v) is 6.55. The number of nitrogens with two attached hydrogens (primary N) is 1. The fourth-order valence-electron chi connectivity index (χ4n) is 3.43. The van der Waals surface area contributed by atoms with Crippen molar-refractivity contribution in [2.45, 2.75) is 32.1 Å². The number of amides is 1. The summed E-state index contributed by atoms with van der Waals surface area (Å²) in [7, 11) is 1.63. The Bertz CT molecular complexity index is 736. The summed E-state index contributed by atoms with van der Waals surface area (Å²) < 4.78 is 0. The molecule has 0 aromatic carbocycles. The lowest BCUT2D eigenvalue weighted by Crippen LogP contribution is -2.46. The average Bonchev–Trinajstić information content (AvgIpc) is 3.04. The van der Waals surface area contributed by atoms with Gasteiger partial charge < -0.3 is 16.0 Å². The number of carbonyl (C=O) groups excluding carboxylic acids is 1. The van der Waals surface area contributed by atoms with Gasteiger partial charge in [-0.25, -0.2) is 4.98 Å². The molecule has 1 aliphatic rings. The number of hydrogen-bond donors (Lipinski definition) is 3. The molecule has 1 amide bonds. The van der Waals surface area contributed by atoms with Gasteiger partial charge in [0.05, 0.1) is 17.5 Å². The van der Waals surface area contributed by atoms with E-state index in [-0.39, 0.29) is 17.3 Å². The Morgan fingerprint density at radius 2 is 2.25 bits per heavy atom. The number of aromatic nitrogens is 4. The molecule has 2 aromatic rings. The maximum atomic E-state index is 12.1. The lowest BCUT2D eigenvalue weighted by molar-refractivity contribution is 0.0960. The molecule has 128 valence electrons. The Hall–Kier alpha value is -2.64. The van der Waals surface area contributed by atoms with E-state index in [4.69, 9.17) is 5.73 Å². The summed E-state index contributed by atoms with van der Waals surface area (Å²) in [4.78, 5) is 22.8. The molecular weight excluding hydrogens is 306 g/mol. The van der Waals surface area contributed by atoms with E-state index < -0.39 is 0 Å². The average molecular weight is 329 g/mol. The quantitative estimate of drug-likeness (QED) is 0.774. The fourth-order valence-corrected chi connectivity index (χ4v) is 3.43. The van der Waals surface area contributed by atoms with Gasteiger partial charge in [-0.2, -0.15) is 10.1 Å². The first-order valence-electron chi connectivity index (χ1n) is 8.05. The summed E-state index contributed by atoms with van der Waals surface area (Å²) in [5.74, 6) is 0.982. The van der Waals surface area contributed by atoms with E-state index in [0.29, 0.717) is 5.56 Å². The lowest BCUT2D eigenvalue weighted by atomic mass is 9.77. The van der Waals surface area contributed by atoms with Crippen molar-refractivity contribution in [2.24, 2.45) is 0 Å². The van der Waals surface area contributed by atoms with Gasteiger partial charge in [0.1, 0.15) is 5.82 Å². The molecule has 3 heterocycles. The molecular formula is C16H23N7O. The summed E-state index contributed by atoms with van der Waals surface area (Å²) in [6, 6.07) is 1.94. The van der Waals surface area contributed by atoms with E-state index in [9.17, 15) is 4.79 Å². The molecule has 24 heavy (non-hydrogen) atoms. The number of nitrogen functional groups attached to an aromatic ring is 1. The first kappa shape index (κ1) is 16.2. The van der Waals surface area contributed by atoms with Crippen LogP contribution in [0.1, 0.15) is 41.5 Å². The second-order valence-electron chi connectivity index (χ2n) is 6.55. The Labute approximate surface area is 140 Å². The number of carbonyl (C=O) groups is 1. The van der Waals surface area contributed by atoms with E-state index >= 15 is 0 Å². The maximum absolute atomic E-state index is 12.1. The molecule has 8 heteroatoms. The smallest absolute Gasteiger partial charge is 0.254 e. The number of nitrogens with one attached hydrogen (secondary N) is 2. The largest absolute Gasteiger partial charge is 0.368 e. The first-order chi connectivity index (χ1) is 11.4. The lowest BCUT2D eigenvalue weighted by Gasteiger charge is -2.41. The number of aromatic amines is 1. The maximum Gasteiger partial charge on any atom is 0.254 e. The third-order valence-electron chi connectivity index (χ3n) is 4.59. The molecule has 0 spiro atoms. The first-order valence-corrected chi connectivity index (χ1v) is 8.05. The molecule has 0 aliphatic carbocycles. The van der Waals surface area contributed by atoms with Crippen LogP contribution in [0.4, 0.5) is 11.8 Å². The fraction of sp³-hybridized carbons (Fsp3) is 0.500. The summed E-state index contributed by atoms with van der Waals surface area (Å²) in [6.45, 7) is 5.68. The van der Waals surface area contributed by atoms with Gasteiger partial charge in [0.2, 0.25) is 5.95 Å². The highest BCUT2D eigenvalue weighted by atomic mass is 16.1. The van der Waals surface area contributed by atoms with Gasteiger partial charge in [-0.05, 0) is 19.8 Å². The van der Waals surface area contributed by atoms with Crippen LogP contribution in [0.2, 0.25) is 0 Å². The molecule has 1 aliphatic heterocycles. The number of hydrogen-bond acceptors (Lipinski definition) is 6. The predicted octanol–water partition coefficient (Wildman–Crippen LogP) is 1.01. The molecule has 1 atom stereocenters. The van der Waals surface area contributed by atoms with Crippen LogP contribution >= 0.6 is 0 Å². The van der Waals surface area contributed by atoms with Crippen LogP contribution in [-0.4, -0.2) is 46.2 Å². The Morgan fingerprint density at radius 1 is 1.46 bits per heavy atom. The van der Waals surface area contributed by atoms with Gasteiger partial charge in [-0.3, -0.25) is 9.89 Å². The molecule has 1 saturated heterocycles. The molecule has 0 bridgehead atoms. The number of rotatable bonds is 3. The van der Waals surface area contributed by atoms with Gasteiger partial charge in [0.25, 0.3) is 5.91 Å². The monoisotopic (exact) mass is 329 g/mol. The molecule has 0 saturated carbocycles. The van der Waals surface area contributed by atoms with Crippen molar-refractivity contribution in [2.75, 3.05) is 30.8 Å². The van der Waals surface area contributed by atoms with Gasteiger partial charge in [-0.15, -0.1) is 0 Å². The number of aryl methyl sites for hydroxylation is 1. The SMILES string of the molecule is CNC(=O)c1cn[nH]c1C1(C)CCCN(c2cc(C)nc(N)n2)C1. The van der Waals surface area contributed by atoms with Crippen LogP contribution in [0.3, 0.4) is 0 Å². The van der Waals surface area contributed by atoms with E-state index in [1.54, 1.807) is 13.2 Å². The van der Waals surface area contributed by atoms with Gasteiger partial charge in [0.15, 0.2) is 0 Å². The van der Waals surface area contributed by atoms with Crippen molar-refractivity contribution < 1.29 is 4.79 Å². The number of nitrogens with zero attached hydrogens (tertiary/aromatic N) is 4. The predicted molar refractivity (Wildman–Crippen MR) is 92.0 cm³/mol. The van der Waals surface area contributed by atoms with E-state index in [0.717, 1.165) is 43.1 Å². The second kappa shape index (κ2) is 6.10. The highest BCUT2D eigenvalue weighted by molar-refractivity contribution is 5.95. The Balaban J connectivity index is 1.92. The molecule has 4 N–H and O–H groups in total. The number of H-pyrrole nitrogens is 1. The molecule has 2 aromatic heterocycles. The minimum Gasteiger partial charge on any atom is -0.368 e. The highest BCUT2D eigenvalue weighted by Crippen LogP contribution is 2.36. The Kier molecular flexibility index (Phi) is 4.13. The van der Waals surface area contributed by atoms with E-state index in [2.05, 4.69) is 37.3 Å². The van der Waals surface area contributed by atoms with Gasteiger partial charge in [0, 0.05) is 37.3 Å². The van der Waals surface area contributed by atoms with Gasteiger partial charge >= 0.3 is 0 Å². The molecule has 1 unspecified atom stereocenters. The Morgan fingerprint density at radius 3 is 2.96 bits per heavy atom. The van der Waals surface area contributed by atoms with Crippen molar-refractivity contribution in [3.8, 4) is 0 Å². The van der Waals surface area contributed by atoms with Gasteiger partial charge in [-0.1, -0.05) is 6.92 Å². The normalized spacial score (nSPS) is 20.9. The zero-order valence-electron chi connectivity index (χ0n) is 14.3. The standard InChI is InChI=1S/C16H23N7O/c1-10-7-12(21-15(17)20-10)23-6-4-5-16(2,9-23)13-11(8-19-22-13)14(24)18-3/h7-8H,4-6,9H2,1-3H3,(H,18,24)(H,19,22)(H2,17,20,21). The molecule has 0 radical (unpaired) electrons. The molecule has 8 nitrogen and oxygen atoms in total. The van der Waals surface area contributed by atoms with Crippen LogP contribution in [0, 0.1) is 6.92 Å². The van der Waals surface area contributed by atoms with Crippen LogP contribution in [0.15, 0.2) is 12.3 Å².